The fraction of sp³-hybridized carbons (Fsp3) is 0.333. The minimum Gasteiger partial charge on any atom is -0.394 e. The van der Waals surface area contributed by atoms with Gasteiger partial charge in [0.05, 0.1) is 12.6 Å². The zero-order chi connectivity index (χ0) is 9.84. The van der Waals surface area contributed by atoms with Crippen LogP contribution in [0.15, 0.2) is 18.2 Å². The number of hydrogen-bond acceptors (Lipinski definition) is 2. The third-order valence-corrected chi connectivity index (χ3v) is 2.25. The summed E-state index contributed by atoms with van der Waals surface area (Å²) in [5.41, 5.74) is 0.891. The van der Waals surface area contributed by atoms with E-state index in [1.165, 1.54) is 0 Å². The molecule has 0 bridgehead atoms. The number of benzene rings is 1. The fourth-order valence-electron chi connectivity index (χ4n) is 1.14. The van der Waals surface area contributed by atoms with Crippen LogP contribution in [-0.4, -0.2) is 18.8 Å². The number of halogens is 2. The lowest BCUT2D eigenvalue weighted by molar-refractivity contribution is 0.251. The van der Waals surface area contributed by atoms with Crippen molar-refractivity contribution in [1.82, 2.24) is 5.32 Å². The Kier molecular flexibility index (Phi) is 4.00. The molecule has 0 aromatic heterocycles. The quantitative estimate of drug-likeness (QED) is 0.818. The fourth-order valence-corrected chi connectivity index (χ4v) is 1.68. The average molecular weight is 220 g/mol. The summed E-state index contributed by atoms with van der Waals surface area (Å²) in [5, 5.41) is 13.1. The van der Waals surface area contributed by atoms with Crippen molar-refractivity contribution in [1.29, 1.82) is 0 Å². The summed E-state index contributed by atoms with van der Waals surface area (Å²) in [6.07, 6.45) is 0. The molecule has 0 saturated heterocycles. The Morgan fingerprint density at radius 2 is 1.85 bits per heavy atom. The molecule has 2 N–H and O–H groups in total. The number of hydrogen-bond donors (Lipinski definition) is 2. The SMILES string of the molecule is CN[C@H](CO)c1cc(Cl)cc(Cl)c1. The molecule has 0 aliphatic rings. The van der Waals surface area contributed by atoms with Crippen LogP contribution in [0.5, 0.6) is 0 Å². The van der Waals surface area contributed by atoms with E-state index >= 15 is 0 Å². The Labute approximate surface area is 87.5 Å². The van der Waals surface area contributed by atoms with E-state index in [1.54, 1.807) is 25.2 Å². The number of likely N-dealkylation sites (N-methyl/N-ethyl adjacent to an activating group) is 1. The van der Waals surface area contributed by atoms with Gasteiger partial charge < -0.3 is 10.4 Å². The molecule has 1 aromatic rings. The predicted octanol–water partition coefficient (Wildman–Crippen LogP) is 2.25. The van der Waals surface area contributed by atoms with Crippen molar-refractivity contribution in [3.05, 3.63) is 33.8 Å². The molecule has 0 aliphatic heterocycles. The second-order valence-corrected chi connectivity index (χ2v) is 3.60. The highest BCUT2D eigenvalue weighted by atomic mass is 35.5. The van der Waals surface area contributed by atoms with E-state index in [0.29, 0.717) is 10.0 Å². The molecule has 0 heterocycles. The van der Waals surface area contributed by atoms with Crippen LogP contribution >= 0.6 is 23.2 Å². The summed E-state index contributed by atoms with van der Waals surface area (Å²) in [7, 11) is 1.77. The number of nitrogens with one attached hydrogen (secondary N) is 1. The van der Waals surface area contributed by atoms with Crippen molar-refractivity contribution in [3.63, 3.8) is 0 Å². The first-order valence-electron chi connectivity index (χ1n) is 3.91. The van der Waals surface area contributed by atoms with Crippen LogP contribution in [0.25, 0.3) is 0 Å². The van der Waals surface area contributed by atoms with Gasteiger partial charge in [-0.1, -0.05) is 23.2 Å². The van der Waals surface area contributed by atoms with Crippen LogP contribution in [0.2, 0.25) is 10.0 Å². The molecule has 0 amide bonds. The Bertz CT molecular complexity index is 267. The Morgan fingerprint density at radius 1 is 1.31 bits per heavy atom. The van der Waals surface area contributed by atoms with E-state index < -0.39 is 0 Å². The number of rotatable bonds is 3. The van der Waals surface area contributed by atoms with Gasteiger partial charge in [-0.25, -0.2) is 0 Å². The maximum atomic E-state index is 9.01. The van der Waals surface area contributed by atoms with Crippen LogP contribution in [0, 0.1) is 0 Å². The first-order valence-corrected chi connectivity index (χ1v) is 4.67. The van der Waals surface area contributed by atoms with Crippen LogP contribution in [0.1, 0.15) is 11.6 Å². The highest BCUT2D eigenvalue weighted by Crippen LogP contribution is 2.23. The Hall–Kier alpha value is -0.280. The average Bonchev–Trinajstić information content (AvgIpc) is 2.04. The standard InChI is InChI=1S/C9H11Cl2NO/c1-12-9(5-13)6-2-7(10)4-8(11)3-6/h2-4,9,12-13H,5H2,1H3/t9-/m1/s1. The molecule has 72 valence electrons. The summed E-state index contributed by atoms with van der Waals surface area (Å²) in [6.45, 7) is 0.0210. The molecule has 0 unspecified atom stereocenters. The normalized spacial score (nSPS) is 12.9. The molecule has 0 aliphatic carbocycles. The molecule has 1 atom stereocenters. The van der Waals surface area contributed by atoms with Crippen LogP contribution in [0.3, 0.4) is 0 Å². The minimum absolute atomic E-state index is 0.0210. The van der Waals surface area contributed by atoms with E-state index in [4.69, 9.17) is 28.3 Å². The smallest absolute Gasteiger partial charge is 0.0626 e. The van der Waals surface area contributed by atoms with Gasteiger partial charge in [0, 0.05) is 10.0 Å². The van der Waals surface area contributed by atoms with Gasteiger partial charge in [-0.15, -0.1) is 0 Å². The molecule has 0 fully saturated rings. The lowest BCUT2D eigenvalue weighted by Gasteiger charge is -2.13. The Morgan fingerprint density at radius 3 is 2.23 bits per heavy atom. The van der Waals surface area contributed by atoms with Gasteiger partial charge in [0.2, 0.25) is 0 Å². The second-order valence-electron chi connectivity index (χ2n) is 2.73. The van der Waals surface area contributed by atoms with Crippen LogP contribution in [0.4, 0.5) is 0 Å². The Balaban J connectivity index is 2.99. The maximum absolute atomic E-state index is 9.01. The molecule has 4 heteroatoms. The monoisotopic (exact) mass is 219 g/mol. The summed E-state index contributed by atoms with van der Waals surface area (Å²) in [6, 6.07) is 5.11. The van der Waals surface area contributed by atoms with Crippen LogP contribution < -0.4 is 5.32 Å². The summed E-state index contributed by atoms with van der Waals surface area (Å²) >= 11 is 11.6. The second kappa shape index (κ2) is 4.82. The summed E-state index contributed by atoms with van der Waals surface area (Å²) in [5.74, 6) is 0. The third kappa shape index (κ3) is 2.85. The summed E-state index contributed by atoms with van der Waals surface area (Å²) < 4.78 is 0. The highest BCUT2D eigenvalue weighted by molar-refractivity contribution is 6.34. The molecule has 13 heavy (non-hydrogen) atoms. The number of aliphatic hydroxyl groups is 1. The topological polar surface area (TPSA) is 32.3 Å². The lowest BCUT2D eigenvalue weighted by atomic mass is 10.1. The lowest BCUT2D eigenvalue weighted by Crippen LogP contribution is -2.19. The van der Waals surface area contributed by atoms with Crippen molar-refractivity contribution in [2.24, 2.45) is 0 Å². The molecule has 1 rings (SSSR count). The van der Waals surface area contributed by atoms with E-state index in [2.05, 4.69) is 5.32 Å². The predicted molar refractivity (Wildman–Crippen MR) is 55.3 cm³/mol. The van der Waals surface area contributed by atoms with E-state index in [1.807, 2.05) is 0 Å². The van der Waals surface area contributed by atoms with Gasteiger partial charge >= 0.3 is 0 Å². The largest absolute Gasteiger partial charge is 0.394 e. The molecular formula is C9H11Cl2NO. The van der Waals surface area contributed by atoms with E-state index in [0.717, 1.165) is 5.56 Å². The molecule has 0 spiro atoms. The van der Waals surface area contributed by atoms with Crippen molar-refractivity contribution < 1.29 is 5.11 Å². The van der Waals surface area contributed by atoms with Gasteiger partial charge in [0.15, 0.2) is 0 Å². The minimum atomic E-state index is -0.115. The van der Waals surface area contributed by atoms with Crippen molar-refractivity contribution in [2.75, 3.05) is 13.7 Å². The van der Waals surface area contributed by atoms with Crippen LogP contribution in [-0.2, 0) is 0 Å². The highest BCUT2D eigenvalue weighted by Gasteiger charge is 2.08. The van der Waals surface area contributed by atoms with Crippen molar-refractivity contribution >= 4 is 23.2 Å². The molecule has 0 radical (unpaired) electrons. The van der Waals surface area contributed by atoms with Crippen molar-refractivity contribution in [2.45, 2.75) is 6.04 Å². The molecule has 1 aromatic carbocycles. The first kappa shape index (κ1) is 10.8. The summed E-state index contributed by atoms with van der Waals surface area (Å²) in [4.78, 5) is 0. The zero-order valence-corrected chi connectivity index (χ0v) is 8.73. The zero-order valence-electron chi connectivity index (χ0n) is 7.22. The maximum Gasteiger partial charge on any atom is 0.0626 e. The first-order chi connectivity index (χ1) is 6.17. The molecule has 0 saturated carbocycles. The van der Waals surface area contributed by atoms with Crippen molar-refractivity contribution in [3.8, 4) is 0 Å². The van der Waals surface area contributed by atoms with E-state index in [-0.39, 0.29) is 12.6 Å². The molecule has 2 nitrogen and oxygen atoms in total. The van der Waals surface area contributed by atoms with Gasteiger partial charge in [-0.2, -0.15) is 0 Å². The van der Waals surface area contributed by atoms with Gasteiger partial charge in [0.25, 0.3) is 0 Å². The van der Waals surface area contributed by atoms with E-state index in [9.17, 15) is 0 Å². The number of aliphatic hydroxyl groups excluding tert-OH is 1. The van der Waals surface area contributed by atoms with Gasteiger partial charge in [0.1, 0.15) is 0 Å². The third-order valence-electron chi connectivity index (χ3n) is 1.82. The van der Waals surface area contributed by atoms with Gasteiger partial charge in [-0.05, 0) is 30.8 Å². The van der Waals surface area contributed by atoms with Gasteiger partial charge in [-0.3, -0.25) is 0 Å². The molecular weight excluding hydrogens is 209 g/mol.